The standard InChI is InChI=1S/C4H8.Ar/c1-3-4-2;/h3-4H,1-2H3;/b4-3-;. The maximum atomic E-state index is 2.00. The quantitative estimate of drug-likeness (QED) is 0.401. The molecule has 0 heterocycles. The molecule has 0 fully saturated rings. The molecule has 0 spiro atoms. The van der Waals surface area contributed by atoms with Crippen LogP contribution in [0.15, 0.2) is 12.2 Å². The van der Waals surface area contributed by atoms with Gasteiger partial charge in [0.15, 0.2) is 0 Å². The predicted octanol–water partition coefficient (Wildman–Crippen LogP) is 1.58. The summed E-state index contributed by atoms with van der Waals surface area (Å²) in [7, 11) is 0. The normalized spacial score (nSPS) is 7.60. The van der Waals surface area contributed by atoms with Crippen LogP contribution in [0.5, 0.6) is 0 Å². The Morgan fingerprint density at radius 3 is 1.20 bits per heavy atom. The maximum absolute atomic E-state index is 2.00. The molecule has 0 radical (unpaired) electrons. The molecule has 0 bridgehead atoms. The van der Waals surface area contributed by atoms with Crippen LogP contribution in [0.3, 0.4) is 0 Å². The summed E-state index contributed by atoms with van der Waals surface area (Å²) in [6.07, 6.45) is 4.00. The first kappa shape index (κ1) is 9.37. The maximum Gasteiger partial charge on any atom is 0 e. The predicted molar refractivity (Wildman–Crippen MR) is 20.5 cm³/mol. The fourth-order valence-electron chi connectivity index (χ4n) is 0. The zero-order valence-corrected chi connectivity index (χ0v) is 4.22. The van der Waals surface area contributed by atoms with Crippen molar-refractivity contribution in [3.8, 4) is 0 Å². The number of hydrogen-bond acceptors (Lipinski definition) is 0. The first-order valence-electron chi connectivity index (χ1n) is 1.49. The van der Waals surface area contributed by atoms with Gasteiger partial charge in [0.1, 0.15) is 0 Å². The fraction of sp³-hybridized carbons (Fsp3) is 0.500. The number of rotatable bonds is 0. The molecule has 0 aliphatic rings. The molecule has 1 heteroatoms. The van der Waals surface area contributed by atoms with Gasteiger partial charge < -0.3 is 0 Å². The third kappa shape index (κ3) is 11.3. The second kappa shape index (κ2) is 8.89. The van der Waals surface area contributed by atoms with Crippen molar-refractivity contribution in [1.82, 2.24) is 0 Å². The molecule has 0 aromatic carbocycles. The Labute approximate surface area is 63.3 Å². The minimum absolute atomic E-state index is 0. The Hall–Kier alpha value is 1.000. The molecule has 0 aliphatic carbocycles. The summed E-state index contributed by atoms with van der Waals surface area (Å²) in [4.78, 5) is 0. The van der Waals surface area contributed by atoms with Crippen LogP contribution < -0.4 is 0 Å². The fourth-order valence-corrected chi connectivity index (χ4v) is 0. The van der Waals surface area contributed by atoms with Crippen LogP contribution in [-0.4, -0.2) is 0 Å². The summed E-state index contributed by atoms with van der Waals surface area (Å²) in [5.41, 5.74) is 0. The molecule has 0 nitrogen and oxygen atoms in total. The van der Waals surface area contributed by atoms with E-state index in [0.717, 1.165) is 0 Å². The summed E-state index contributed by atoms with van der Waals surface area (Å²) in [5.74, 6) is 0. The van der Waals surface area contributed by atoms with Crippen LogP contribution >= 0.6 is 0 Å². The number of allylic oxidation sites excluding steroid dienone is 2. The Balaban J connectivity index is 0. The molecule has 5 heavy (non-hydrogen) atoms. The van der Waals surface area contributed by atoms with Gasteiger partial charge in [-0.05, 0) is 13.8 Å². The van der Waals surface area contributed by atoms with Crippen molar-refractivity contribution >= 4 is 0 Å². The van der Waals surface area contributed by atoms with Crippen molar-refractivity contribution in [2.24, 2.45) is 0 Å². The molecule has 0 amide bonds. The summed E-state index contributed by atoms with van der Waals surface area (Å²) < 4.78 is 0. The smallest absolute Gasteiger partial charge is 0 e. The van der Waals surface area contributed by atoms with E-state index in [1.165, 1.54) is 0 Å². The van der Waals surface area contributed by atoms with E-state index < -0.39 is 0 Å². The topological polar surface area (TPSA) is 0 Å². The van der Waals surface area contributed by atoms with Crippen LogP contribution in [0.4, 0.5) is 0 Å². The largest absolute Gasteiger partial charge is 0.0919 e. The van der Waals surface area contributed by atoms with Gasteiger partial charge in [-0.25, -0.2) is 0 Å². The number of hydrogen-bond donors (Lipinski definition) is 0. The molecule has 0 aromatic rings. The molecule has 0 saturated carbocycles. The van der Waals surface area contributed by atoms with Crippen LogP contribution in [0.1, 0.15) is 13.8 Å². The molecule has 0 atom stereocenters. The first-order chi connectivity index (χ1) is 1.91. The second-order valence-corrected chi connectivity index (χ2v) is 0.667. The Kier molecular flexibility index (Phi) is 16.7. The summed E-state index contributed by atoms with van der Waals surface area (Å²) in [5, 5.41) is 0. The second-order valence-electron chi connectivity index (χ2n) is 0.667. The van der Waals surface area contributed by atoms with Crippen LogP contribution in [0, 0.1) is 37.7 Å². The SMILES string of the molecule is C/C=C\C.[Ar]. The van der Waals surface area contributed by atoms with E-state index >= 15 is 0 Å². The van der Waals surface area contributed by atoms with Gasteiger partial charge in [-0.15, -0.1) is 0 Å². The van der Waals surface area contributed by atoms with Crippen molar-refractivity contribution in [3.05, 3.63) is 12.2 Å². The van der Waals surface area contributed by atoms with Gasteiger partial charge in [0.2, 0.25) is 0 Å². The molecular weight excluding hydrogens is 88.0 g/mol. The van der Waals surface area contributed by atoms with E-state index in [1.54, 1.807) is 0 Å². The Morgan fingerprint density at radius 2 is 1.20 bits per heavy atom. The van der Waals surface area contributed by atoms with Gasteiger partial charge in [-0.3, -0.25) is 0 Å². The van der Waals surface area contributed by atoms with Gasteiger partial charge in [-0.1, -0.05) is 12.2 Å². The van der Waals surface area contributed by atoms with E-state index in [4.69, 9.17) is 0 Å². The van der Waals surface area contributed by atoms with Gasteiger partial charge in [-0.2, -0.15) is 0 Å². The summed E-state index contributed by atoms with van der Waals surface area (Å²) >= 11 is 0. The monoisotopic (exact) mass is 96.0 g/mol. The minimum atomic E-state index is 0. The molecule has 0 aromatic heterocycles. The summed E-state index contributed by atoms with van der Waals surface area (Å²) in [6.45, 7) is 4.00. The third-order valence-electron chi connectivity index (χ3n) is 0.333. The Bertz CT molecular complexity index is 18.8. The van der Waals surface area contributed by atoms with E-state index in [1.807, 2.05) is 26.0 Å². The minimum Gasteiger partial charge on any atom is -0.0919 e. The zero-order valence-electron chi connectivity index (χ0n) is 3.51. The average molecular weight is 96.1 g/mol. The third-order valence-corrected chi connectivity index (χ3v) is 0.333. The van der Waals surface area contributed by atoms with Crippen LogP contribution in [0.2, 0.25) is 0 Å². The van der Waals surface area contributed by atoms with Crippen LogP contribution in [0.25, 0.3) is 0 Å². The first-order valence-corrected chi connectivity index (χ1v) is 1.49. The molecule has 0 saturated heterocycles. The Morgan fingerprint density at radius 1 is 1.00 bits per heavy atom. The van der Waals surface area contributed by atoms with E-state index in [9.17, 15) is 0 Å². The van der Waals surface area contributed by atoms with Gasteiger partial charge in [0, 0.05) is 37.7 Å². The van der Waals surface area contributed by atoms with Crippen LogP contribution in [-0.2, 0) is 0 Å². The van der Waals surface area contributed by atoms with E-state index in [-0.39, 0.29) is 37.7 Å². The van der Waals surface area contributed by atoms with Crippen molar-refractivity contribution < 1.29 is 37.7 Å². The molecule has 0 N–H and O–H groups in total. The molecular formula is C4H8Ar. The van der Waals surface area contributed by atoms with Crippen molar-refractivity contribution in [1.29, 1.82) is 0 Å². The van der Waals surface area contributed by atoms with Gasteiger partial charge in [0.05, 0.1) is 0 Å². The average Bonchev–Trinajstić information content (AvgIpc) is 1.37. The molecule has 32 valence electrons. The van der Waals surface area contributed by atoms with E-state index in [2.05, 4.69) is 0 Å². The summed E-state index contributed by atoms with van der Waals surface area (Å²) in [6, 6.07) is 0. The van der Waals surface area contributed by atoms with E-state index in [0.29, 0.717) is 0 Å². The molecule has 0 rings (SSSR count). The van der Waals surface area contributed by atoms with Gasteiger partial charge in [0.25, 0.3) is 0 Å². The van der Waals surface area contributed by atoms with Crippen molar-refractivity contribution in [2.75, 3.05) is 0 Å². The molecule has 0 unspecified atom stereocenters. The van der Waals surface area contributed by atoms with Crippen molar-refractivity contribution in [2.45, 2.75) is 13.8 Å². The zero-order chi connectivity index (χ0) is 3.41. The van der Waals surface area contributed by atoms with Crippen molar-refractivity contribution in [3.63, 3.8) is 0 Å². The van der Waals surface area contributed by atoms with Gasteiger partial charge >= 0.3 is 0 Å². The molecule has 0 aliphatic heterocycles.